The van der Waals surface area contributed by atoms with Crippen LogP contribution in [0.3, 0.4) is 0 Å². The van der Waals surface area contributed by atoms with Crippen molar-refractivity contribution in [3.05, 3.63) is 88.7 Å². The zero-order valence-electron chi connectivity index (χ0n) is 14.6. The third-order valence-corrected chi connectivity index (χ3v) is 5.54. The molecule has 0 heterocycles. The summed E-state index contributed by atoms with van der Waals surface area (Å²) < 4.78 is 46.6. The summed E-state index contributed by atoms with van der Waals surface area (Å²) in [5, 5.41) is 0.269. The van der Waals surface area contributed by atoms with Crippen molar-refractivity contribution in [3.8, 4) is 5.75 Å². The molecule has 0 saturated carbocycles. The second kappa shape index (κ2) is 8.00. The molecule has 0 radical (unpaired) electrons. The van der Waals surface area contributed by atoms with Crippen molar-refractivity contribution in [3.63, 3.8) is 0 Å². The molecule has 0 fully saturated rings. The van der Waals surface area contributed by atoms with E-state index in [0.29, 0.717) is 5.56 Å². The maximum Gasteiger partial charge on any atom is 0.265 e. The Morgan fingerprint density at radius 2 is 1.75 bits per heavy atom. The first kappa shape index (κ1) is 19.9. The van der Waals surface area contributed by atoms with E-state index >= 15 is 0 Å². The highest BCUT2D eigenvalue weighted by molar-refractivity contribution is 7.92. The van der Waals surface area contributed by atoms with Gasteiger partial charge in [0.05, 0.1) is 12.8 Å². The van der Waals surface area contributed by atoms with Crippen LogP contribution >= 0.6 is 11.6 Å². The standard InChI is InChI=1S/C20H15ClFNO4S/c1-27-18-10-8-15(22)12-19(18)28(25,26)23-17-9-7-14(21)11-16(17)20(24)13-5-3-2-4-6-13/h2-12,23H,1H3. The Balaban J connectivity index is 2.06. The van der Waals surface area contributed by atoms with E-state index in [1.807, 2.05) is 0 Å². The van der Waals surface area contributed by atoms with Crippen LogP contribution in [0.15, 0.2) is 71.6 Å². The number of hydrogen-bond acceptors (Lipinski definition) is 4. The molecule has 1 N–H and O–H groups in total. The van der Waals surface area contributed by atoms with Crippen molar-refractivity contribution in [1.82, 2.24) is 0 Å². The van der Waals surface area contributed by atoms with Gasteiger partial charge >= 0.3 is 0 Å². The van der Waals surface area contributed by atoms with Crippen LogP contribution in [0.2, 0.25) is 5.02 Å². The Labute approximate surface area is 166 Å². The number of rotatable bonds is 6. The number of ether oxygens (including phenoxy) is 1. The van der Waals surface area contributed by atoms with Gasteiger partial charge in [0.2, 0.25) is 0 Å². The molecule has 28 heavy (non-hydrogen) atoms. The summed E-state index contributed by atoms with van der Waals surface area (Å²) in [4.78, 5) is 12.5. The van der Waals surface area contributed by atoms with Gasteiger partial charge in [0.25, 0.3) is 10.0 Å². The molecular formula is C20H15ClFNO4S. The molecule has 0 bridgehead atoms. The quantitative estimate of drug-likeness (QED) is 0.596. The van der Waals surface area contributed by atoms with Gasteiger partial charge in [-0.1, -0.05) is 41.9 Å². The largest absolute Gasteiger partial charge is 0.495 e. The van der Waals surface area contributed by atoms with Crippen LogP contribution < -0.4 is 9.46 Å². The fraction of sp³-hybridized carbons (Fsp3) is 0.0500. The average molecular weight is 420 g/mol. The zero-order chi connectivity index (χ0) is 20.3. The molecule has 0 amide bonds. The Hall–Kier alpha value is -2.90. The third-order valence-electron chi connectivity index (χ3n) is 3.92. The Morgan fingerprint density at radius 1 is 1.04 bits per heavy atom. The Morgan fingerprint density at radius 3 is 2.43 bits per heavy atom. The van der Waals surface area contributed by atoms with Gasteiger partial charge in [0.15, 0.2) is 5.78 Å². The maximum absolute atomic E-state index is 13.6. The first-order valence-electron chi connectivity index (χ1n) is 8.07. The van der Waals surface area contributed by atoms with Crippen LogP contribution in [0.1, 0.15) is 15.9 Å². The molecular weight excluding hydrogens is 405 g/mol. The van der Waals surface area contributed by atoms with E-state index < -0.39 is 21.6 Å². The normalized spacial score (nSPS) is 11.1. The predicted molar refractivity (Wildman–Crippen MR) is 105 cm³/mol. The van der Waals surface area contributed by atoms with Gasteiger partial charge in [-0.25, -0.2) is 12.8 Å². The first-order valence-corrected chi connectivity index (χ1v) is 9.93. The van der Waals surface area contributed by atoms with Crippen molar-refractivity contribution in [2.75, 3.05) is 11.8 Å². The van der Waals surface area contributed by atoms with Crippen LogP contribution in [0.4, 0.5) is 10.1 Å². The number of carbonyl (C=O) groups excluding carboxylic acids is 1. The van der Waals surface area contributed by atoms with E-state index in [4.69, 9.17) is 16.3 Å². The smallest absolute Gasteiger partial charge is 0.265 e. The number of benzene rings is 3. The summed E-state index contributed by atoms with van der Waals surface area (Å²) in [5.41, 5.74) is 0.454. The minimum atomic E-state index is -4.24. The summed E-state index contributed by atoms with van der Waals surface area (Å²) in [5.74, 6) is -1.18. The van der Waals surface area contributed by atoms with Gasteiger partial charge in [0, 0.05) is 16.1 Å². The fourth-order valence-electron chi connectivity index (χ4n) is 2.60. The monoisotopic (exact) mass is 419 g/mol. The minimum Gasteiger partial charge on any atom is -0.495 e. The van der Waals surface area contributed by atoms with Gasteiger partial charge in [-0.2, -0.15) is 0 Å². The van der Waals surface area contributed by atoms with E-state index in [1.165, 1.54) is 31.4 Å². The lowest BCUT2D eigenvalue weighted by molar-refractivity contribution is 0.103. The molecule has 8 heteroatoms. The number of nitrogens with one attached hydrogen (secondary N) is 1. The number of sulfonamides is 1. The van der Waals surface area contributed by atoms with Crippen molar-refractivity contribution in [2.45, 2.75) is 4.90 Å². The van der Waals surface area contributed by atoms with E-state index in [9.17, 15) is 17.6 Å². The van der Waals surface area contributed by atoms with E-state index in [2.05, 4.69) is 4.72 Å². The van der Waals surface area contributed by atoms with Crippen LogP contribution in [-0.4, -0.2) is 21.3 Å². The number of ketones is 1. The lowest BCUT2D eigenvalue weighted by Crippen LogP contribution is -2.17. The van der Waals surface area contributed by atoms with Crippen LogP contribution in [0, 0.1) is 5.82 Å². The highest BCUT2D eigenvalue weighted by Gasteiger charge is 2.23. The van der Waals surface area contributed by atoms with Crippen LogP contribution in [0.5, 0.6) is 5.75 Å². The molecule has 0 aliphatic rings. The molecule has 144 valence electrons. The number of methoxy groups -OCH3 is 1. The van der Waals surface area contributed by atoms with Gasteiger partial charge in [-0.15, -0.1) is 0 Å². The fourth-order valence-corrected chi connectivity index (χ4v) is 4.03. The Kier molecular flexibility index (Phi) is 5.67. The molecule has 0 aliphatic heterocycles. The third kappa shape index (κ3) is 4.16. The molecule has 0 unspecified atom stereocenters. The average Bonchev–Trinajstić information content (AvgIpc) is 2.69. The highest BCUT2D eigenvalue weighted by Crippen LogP contribution is 2.29. The van der Waals surface area contributed by atoms with Gasteiger partial charge in [-0.05, 0) is 36.4 Å². The van der Waals surface area contributed by atoms with E-state index in [0.717, 1.165) is 12.1 Å². The zero-order valence-corrected chi connectivity index (χ0v) is 16.2. The number of halogens is 2. The SMILES string of the molecule is COc1ccc(F)cc1S(=O)(=O)Nc1ccc(Cl)cc1C(=O)c1ccccc1. The molecule has 3 rings (SSSR count). The molecule has 0 atom stereocenters. The lowest BCUT2D eigenvalue weighted by Gasteiger charge is -2.14. The highest BCUT2D eigenvalue weighted by atomic mass is 35.5. The second-order valence-corrected chi connectivity index (χ2v) is 7.87. The predicted octanol–water partition coefficient (Wildman–Crippen LogP) is 4.52. The maximum atomic E-state index is 13.6. The van der Waals surface area contributed by atoms with E-state index in [1.54, 1.807) is 30.3 Å². The van der Waals surface area contributed by atoms with Crippen molar-refractivity contribution < 1.29 is 22.3 Å². The van der Waals surface area contributed by atoms with Crippen molar-refractivity contribution >= 4 is 33.1 Å². The summed E-state index contributed by atoms with van der Waals surface area (Å²) in [6, 6.07) is 15.7. The lowest BCUT2D eigenvalue weighted by atomic mass is 10.0. The van der Waals surface area contributed by atoms with Crippen LogP contribution in [0.25, 0.3) is 0 Å². The van der Waals surface area contributed by atoms with Gasteiger partial charge in [-0.3, -0.25) is 9.52 Å². The van der Waals surface area contributed by atoms with Crippen molar-refractivity contribution in [1.29, 1.82) is 0 Å². The topological polar surface area (TPSA) is 72.5 Å². The molecule has 0 aromatic heterocycles. The molecule has 3 aromatic rings. The van der Waals surface area contributed by atoms with Gasteiger partial charge in [0.1, 0.15) is 16.5 Å². The molecule has 0 saturated heterocycles. The van der Waals surface area contributed by atoms with Gasteiger partial charge < -0.3 is 4.74 Å². The molecule has 0 spiro atoms. The Bertz CT molecular complexity index is 1130. The number of carbonyl (C=O) groups is 1. The summed E-state index contributed by atoms with van der Waals surface area (Å²) in [6.45, 7) is 0. The molecule has 0 aliphatic carbocycles. The molecule has 5 nitrogen and oxygen atoms in total. The number of hydrogen-bond donors (Lipinski definition) is 1. The first-order chi connectivity index (χ1) is 13.3. The van der Waals surface area contributed by atoms with Crippen molar-refractivity contribution in [2.24, 2.45) is 0 Å². The summed E-state index contributed by atoms with van der Waals surface area (Å²) in [6.07, 6.45) is 0. The summed E-state index contributed by atoms with van der Waals surface area (Å²) in [7, 11) is -2.96. The number of anilines is 1. The van der Waals surface area contributed by atoms with Crippen LogP contribution in [-0.2, 0) is 10.0 Å². The second-order valence-electron chi connectivity index (χ2n) is 5.79. The van der Waals surface area contributed by atoms with E-state index in [-0.39, 0.29) is 26.9 Å². The molecule has 3 aromatic carbocycles. The minimum absolute atomic E-state index is 0.0181. The summed E-state index contributed by atoms with van der Waals surface area (Å²) >= 11 is 6.01.